The van der Waals surface area contributed by atoms with E-state index in [4.69, 9.17) is 34.7 Å². The number of non-ortho nitro benzene ring substituents is 4. The zero-order valence-electron chi connectivity index (χ0n) is 67.9. The number of hydrazine groups is 1. The SMILES string of the molecule is CC.CC.CC.CC.CC.COC(=O)/C(Cl)=N/Nc1ccccc1.COC(=O)C(=Nc1ccc([N+](=O)[O-])cc1)NNc1ccccc1.COC(=O)C(Cl)C(C)=O.COC(=O)c1nn(-c2ccccc2)c(=O)n1-c1ccc([N+](=O)[O-])cc1.Nc1ccc([N+](=O)[O-])cc1.Nc1ccccc1.O=c1n(-c2ccc([N+](=O)[O-])cc2)cnn1-c1ccccc1. The summed E-state index contributed by atoms with van der Waals surface area (Å²) in [6, 6.07) is 67.5. The van der Waals surface area contributed by atoms with Crippen LogP contribution in [0.25, 0.3) is 22.7 Å². The Hall–Kier alpha value is -15.1. The summed E-state index contributed by atoms with van der Waals surface area (Å²) in [4.78, 5) is 125. The van der Waals surface area contributed by atoms with Gasteiger partial charge in [0.1, 0.15) is 6.33 Å². The van der Waals surface area contributed by atoms with Crippen LogP contribution in [-0.2, 0) is 38.1 Å². The topological polar surface area (TPSA) is 487 Å². The number of benzene rings is 9. The standard InChI is InChI=1S/C16H12N4O5.C15H14N4O4.C14H10N4O3.C9H9ClN2O2.C6H6N2O2.C6H7N.C5H7ClO3.5C2H6/c1-25-15(21)14-17-19(12-5-3-2-4-6-12)16(22)18(14)11-7-9-13(10-8-11)20(23)24;1-23-15(20)14(18-17-12-5-3-2-4-6-12)16-11-7-9-13(10-8-11)19(21)22;19-14-16(11-6-8-13(9-7-11)18(20)21)10-15-17(14)12-4-2-1-3-5-12;1-14-9(13)8(10)12-11-7-5-3-2-4-6-7;7-5-1-3-6(4-2-5)8(9)10;7-6-4-2-1-3-5-6;1-3(7)4(6)5(8)9-2;5*1-2/h2-10H,1H3;2-10,17H,1H3,(H,16,18);1-10H;2-6,11H,1H3;1-4H,7H2;1-5H,7H2;4H,1-2H3;5*1-2H3/b;;;12-8-;;;;;;;;. The van der Waals surface area contributed by atoms with E-state index in [1.165, 1.54) is 148 Å². The number of Topliss-reactive ketones (excluding diaryl/α,β-unsaturated/α-hetero) is 1. The summed E-state index contributed by atoms with van der Waals surface area (Å²) in [6.07, 6.45) is 1.39. The highest BCUT2D eigenvalue weighted by Crippen LogP contribution is 2.21. The molecule has 0 amide bonds. The number of halogens is 2. The van der Waals surface area contributed by atoms with Crippen LogP contribution < -0.4 is 39.1 Å². The van der Waals surface area contributed by atoms with Crippen molar-refractivity contribution >= 4 is 115 Å². The second-order valence-electron chi connectivity index (χ2n) is 20.7. The molecule has 0 fully saturated rings. The summed E-state index contributed by atoms with van der Waals surface area (Å²) < 4.78 is 22.6. The number of anilines is 4. The van der Waals surface area contributed by atoms with Crippen LogP contribution in [-0.4, -0.2) is 123 Å². The number of esters is 4. The van der Waals surface area contributed by atoms with Gasteiger partial charge in [-0.1, -0.05) is 172 Å². The molecular formula is C81H95Cl2N17O19. The number of nitrogens with zero attached hydrogens (tertiary/aromatic N) is 12. The van der Waals surface area contributed by atoms with Gasteiger partial charge in [-0.15, -0.1) is 16.7 Å². The van der Waals surface area contributed by atoms with Crippen molar-refractivity contribution in [3.8, 4) is 22.7 Å². The number of methoxy groups -OCH3 is 4. The van der Waals surface area contributed by atoms with Crippen molar-refractivity contribution in [2.24, 2.45) is 10.1 Å². The molecule has 38 heteroatoms. The van der Waals surface area contributed by atoms with Crippen molar-refractivity contribution < 1.29 is 62.6 Å². The summed E-state index contributed by atoms with van der Waals surface area (Å²) in [6.45, 7) is 21.2. The van der Waals surface area contributed by atoms with Crippen LogP contribution in [0.2, 0.25) is 0 Å². The lowest BCUT2D eigenvalue weighted by molar-refractivity contribution is -0.385. The number of alkyl halides is 1. The fourth-order valence-electron chi connectivity index (χ4n) is 7.97. The summed E-state index contributed by atoms with van der Waals surface area (Å²) in [5.41, 5.74) is 22.8. The molecule has 0 aliphatic heterocycles. The third-order valence-electron chi connectivity index (χ3n) is 13.3. The lowest BCUT2D eigenvalue weighted by Gasteiger charge is -2.10. The maximum absolute atomic E-state index is 12.8. The van der Waals surface area contributed by atoms with E-state index in [2.05, 4.69) is 55.5 Å². The number of hydrazone groups is 1. The van der Waals surface area contributed by atoms with Gasteiger partial charge in [-0.05, 0) is 116 Å². The summed E-state index contributed by atoms with van der Waals surface area (Å²) in [7, 11) is 4.83. The smallest absolute Gasteiger partial charge is 0.376 e. The zero-order chi connectivity index (χ0) is 90.0. The normalized spacial score (nSPS) is 9.86. The molecule has 2 aromatic heterocycles. The number of rotatable bonds is 17. The van der Waals surface area contributed by atoms with Crippen LogP contribution in [0.4, 0.5) is 51.2 Å². The van der Waals surface area contributed by atoms with Crippen molar-refractivity contribution in [1.82, 2.24) is 34.1 Å². The number of ether oxygens (including phenoxy) is 4. The Labute approximate surface area is 695 Å². The van der Waals surface area contributed by atoms with Crippen LogP contribution in [0.3, 0.4) is 0 Å². The Balaban J connectivity index is 0.00000139. The number of aliphatic imine (C=N–C) groups is 1. The van der Waals surface area contributed by atoms with Gasteiger partial charge in [-0.2, -0.15) is 19.6 Å². The molecule has 0 saturated carbocycles. The summed E-state index contributed by atoms with van der Waals surface area (Å²) in [5.74, 6) is -3.56. The van der Waals surface area contributed by atoms with Crippen molar-refractivity contribution in [3.05, 3.63) is 322 Å². The molecule has 7 N–H and O–H groups in total. The molecule has 2 heterocycles. The first-order valence-corrected chi connectivity index (χ1v) is 36.7. The highest BCUT2D eigenvalue weighted by Gasteiger charge is 2.24. The minimum Gasteiger partial charge on any atom is -0.468 e. The maximum Gasteiger partial charge on any atom is 0.376 e. The molecule has 0 radical (unpaired) electrons. The second kappa shape index (κ2) is 59.6. The molecule has 0 spiro atoms. The Morgan fingerprint density at radius 1 is 0.454 bits per heavy atom. The number of amidine groups is 1. The quantitative estimate of drug-likeness (QED) is 0.00650. The molecular weight excluding hydrogens is 1590 g/mol. The third-order valence-corrected chi connectivity index (χ3v) is 14.1. The molecule has 9 aromatic carbocycles. The molecule has 1 unspecified atom stereocenters. The molecule has 0 saturated heterocycles. The maximum atomic E-state index is 12.8. The predicted octanol–water partition coefficient (Wildman–Crippen LogP) is 15.8. The minimum absolute atomic E-state index is 0.0257. The lowest BCUT2D eigenvalue weighted by atomic mass is 10.3. The van der Waals surface area contributed by atoms with Crippen molar-refractivity contribution in [1.29, 1.82) is 0 Å². The third kappa shape index (κ3) is 37.2. The van der Waals surface area contributed by atoms with Gasteiger partial charge in [0.15, 0.2) is 11.2 Å². The second-order valence-corrected chi connectivity index (χ2v) is 21.5. The molecule has 0 bridgehead atoms. The fraction of sp³-hybridized carbons (Fsp3) is 0.198. The van der Waals surface area contributed by atoms with Crippen LogP contribution in [0, 0.1) is 40.5 Å². The summed E-state index contributed by atoms with van der Waals surface area (Å²) in [5, 5.41) is 52.4. The number of carbonyl (C=O) groups excluding carboxylic acids is 5. The van der Waals surface area contributed by atoms with Gasteiger partial charge < -0.3 is 30.4 Å². The highest BCUT2D eigenvalue weighted by molar-refractivity contribution is 6.82. The van der Waals surface area contributed by atoms with Gasteiger partial charge in [-0.3, -0.25) is 61.5 Å². The first-order valence-electron chi connectivity index (χ1n) is 35.9. The number of hydrogen-bond donors (Lipinski definition) is 5. The van der Waals surface area contributed by atoms with E-state index >= 15 is 0 Å². The molecule has 11 aromatic rings. The molecule has 0 aliphatic rings. The van der Waals surface area contributed by atoms with Gasteiger partial charge in [0, 0.05) is 59.9 Å². The van der Waals surface area contributed by atoms with Crippen molar-refractivity contribution in [3.63, 3.8) is 0 Å². The number of nitrogen functional groups attached to an aromatic ring is 2. The minimum atomic E-state index is -1.14. The number of hydrogen-bond acceptors (Lipinski definition) is 27. The number of nitrogens with one attached hydrogen (secondary N) is 3. The predicted molar refractivity (Wildman–Crippen MR) is 461 cm³/mol. The van der Waals surface area contributed by atoms with Gasteiger partial charge in [0.25, 0.3) is 22.7 Å². The number of para-hydroxylation sites is 5. The molecule has 36 nitrogen and oxygen atoms in total. The van der Waals surface area contributed by atoms with Crippen LogP contribution in [0.5, 0.6) is 0 Å². The van der Waals surface area contributed by atoms with Crippen molar-refractivity contribution in [2.45, 2.75) is 81.5 Å². The lowest BCUT2D eigenvalue weighted by Crippen LogP contribution is -2.36. The Morgan fingerprint density at radius 2 is 0.824 bits per heavy atom. The number of aromatic nitrogens is 6. The average Bonchev–Trinajstić information content (AvgIpc) is 1.65. The van der Waals surface area contributed by atoms with E-state index in [0.29, 0.717) is 28.4 Å². The van der Waals surface area contributed by atoms with E-state index in [9.17, 15) is 74.0 Å². The molecule has 632 valence electrons. The van der Waals surface area contributed by atoms with Crippen molar-refractivity contribution in [2.75, 3.05) is 50.8 Å². The largest absolute Gasteiger partial charge is 0.468 e. The van der Waals surface area contributed by atoms with E-state index < -0.39 is 60.4 Å². The van der Waals surface area contributed by atoms with Gasteiger partial charge in [-0.25, -0.2) is 42.9 Å². The van der Waals surface area contributed by atoms with Crippen LogP contribution in [0.15, 0.2) is 275 Å². The van der Waals surface area contributed by atoms with Gasteiger partial charge in [0.05, 0.1) is 87.9 Å². The Bertz CT molecular complexity index is 5030. The Kier molecular flexibility index (Phi) is 52.1. The van der Waals surface area contributed by atoms with E-state index in [0.717, 1.165) is 26.3 Å². The summed E-state index contributed by atoms with van der Waals surface area (Å²) >= 11 is 10.7. The first kappa shape index (κ1) is 104. The number of carbonyl (C=O) groups is 5. The number of nitro benzene ring substituents is 4. The molecule has 1 atom stereocenters. The first-order chi connectivity index (χ1) is 57.2. The van der Waals surface area contributed by atoms with E-state index in [1.54, 1.807) is 66.7 Å². The van der Waals surface area contributed by atoms with Crippen LogP contribution in [0.1, 0.15) is 86.8 Å². The van der Waals surface area contributed by atoms with Crippen LogP contribution >= 0.6 is 23.2 Å². The number of ketones is 1. The fourth-order valence-corrected chi connectivity index (χ4v) is 8.18. The molecule has 0 aliphatic carbocycles. The van der Waals surface area contributed by atoms with Gasteiger partial charge in [0.2, 0.25) is 16.8 Å². The van der Waals surface area contributed by atoms with E-state index in [1.807, 2.05) is 154 Å². The van der Waals surface area contributed by atoms with E-state index in [-0.39, 0.29) is 51.0 Å². The molecule has 11 rings (SSSR count). The molecule has 119 heavy (non-hydrogen) atoms. The average molecular weight is 1680 g/mol. The highest BCUT2D eigenvalue weighted by atomic mass is 35.5. The Morgan fingerprint density at radius 3 is 1.19 bits per heavy atom. The number of nitrogens with two attached hydrogens (primary N) is 2. The zero-order valence-corrected chi connectivity index (χ0v) is 69.4. The van der Waals surface area contributed by atoms with Gasteiger partial charge >= 0.3 is 35.3 Å². The number of nitro groups is 4. The monoisotopic (exact) mass is 1680 g/mol.